The highest BCUT2D eigenvalue weighted by Crippen LogP contribution is 2.46. The molecule has 0 radical (unpaired) electrons. The summed E-state index contributed by atoms with van der Waals surface area (Å²) < 4.78 is 50.7. The molecule has 19 heteroatoms. The SMILES string of the molecule is N#Cc1cc(-c2cc(-n3c4cc(-c5nc(-c6ccccc6)nc(-c6ccccc6)n5)ccc4c4ccc(-c5nc(-c6ccccc6)nc(-c6ccccc6)n5)cc43)c(-n3c4cc(-c5nc(-c6ccccc6)nc(-c6ccccc6)n5)ccc4c4ccc(-c5nc(-c6ccccc6)nc(-c6ccccc6)n5)cc43)cc2C#N)cc(C(F)(F)F)c1. The van der Waals surface area contributed by atoms with Crippen LogP contribution in [0.5, 0.6) is 0 Å². The van der Waals surface area contributed by atoms with Crippen LogP contribution in [-0.2, 0) is 6.18 Å². The van der Waals surface area contributed by atoms with Crippen molar-refractivity contribution in [2.75, 3.05) is 0 Å². The number of alkyl halides is 3. The van der Waals surface area contributed by atoms with Gasteiger partial charge in [-0.15, -0.1) is 0 Å². The second kappa shape index (κ2) is 29.5. The Balaban J connectivity index is 0.930. The Bertz CT molecular complexity index is 6810. The summed E-state index contributed by atoms with van der Waals surface area (Å²) in [6, 6.07) is 113. The van der Waals surface area contributed by atoms with Crippen LogP contribution in [0.3, 0.4) is 0 Å². The number of aromatic nitrogens is 14. The zero-order valence-corrected chi connectivity index (χ0v) is 62.2. The van der Waals surface area contributed by atoms with E-state index in [0.717, 1.165) is 78.2 Å². The third-order valence-electron chi connectivity index (χ3n) is 20.8. The first kappa shape index (κ1) is 70.6. The van der Waals surface area contributed by atoms with Crippen molar-refractivity contribution in [2.45, 2.75) is 6.18 Å². The number of hydrogen-bond donors (Lipinski definition) is 0. The third kappa shape index (κ3) is 13.3. The minimum absolute atomic E-state index is 0.0273. The van der Waals surface area contributed by atoms with Crippen LogP contribution < -0.4 is 0 Å². The molecule has 0 aliphatic heterocycles. The van der Waals surface area contributed by atoms with Crippen LogP contribution >= 0.6 is 0 Å². The number of hydrogen-bond acceptors (Lipinski definition) is 14. The standard InChI is InChI=1S/C99H57F3N16/c100-99(101,102)75-50-60(58-103)49-73(51-75)80-57-86(118-83-54-71(97-113-91(65-33-17-5-18-34-65)107-92(114-97)66-35-19-6-20-36-66)43-47-78(83)79-48-44-72(55-84(79)118)98-115-93(67-37-21-7-22-38-67)108-94(116-98)68-39-23-8-24-40-68)85(56-74(80)59-104)117-81-52-69(95-109-87(61-25-9-1-10-26-61)105-88(110-95)62-27-11-2-12-28-62)41-45-76(81)77-46-42-70(53-82(77)117)96-111-89(63-29-13-3-14-30-63)106-90(112-96)64-31-15-4-16-32-64/h1-57H. The van der Waals surface area contributed by atoms with Crippen molar-refractivity contribution in [3.8, 4) is 171 Å². The van der Waals surface area contributed by atoms with E-state index < -0.39 is 11.7 Å². The molecule has 0 spiro atoms. The van der Waals surface area contributed by atoms with Crippen molar-refractivity contribution in [2.24, 2.45) is 0 Å². The Morgan fingerprint density at radius 3 is 0.669 bits per heavy atom. The molecule has 20 rings (SSSR count). The normalized spacial score (nSPS) is 11.5. The summed E-state index contributed by atoms with van der Waals surface area (Å²) in [6.07, 6.45) is -4.91. The van der Waals surface area contributed by atoms with Gasteiger partial charge in [-0.1, -0.05) is 291 Å². The largest absolute Gasteiger partial charge is 0.416 e. The van der Waals surface area contributed by atoms with E-state index in [2.05, 4.69) is 15.2 Å². The highest BCUT2D eigenvalue weighted by Gasteiger charge is 2.33. The predicted octanol–water partition coefficient (Wildman–Crippen LogP) is 23.1. The van der Waals surface area contributed by atoms with Crippen LogP contribution in [0.4, 0.5) is 13.2 Å². The maximum Gasteiger partial charge on any atom is 0.416 e. The number of halogens is 3. The van der Waals surface area contributed by atoms with Crippen molar-refractivity contribution in [1.29, 1.82) is 10.5 Å². The van der Waals surface area contributed by atoms with Crippen LogP contribution in [0.2, 0.25) is 0 Å². The summed E-state index contributed by atoms with van der Waals surface area (Å²) in [7, 11) is 0. The molecule has 0 unspecified atom stereocenters. The van der Waals surface area contributed by atoms with Gasteiger partial charge in [-0.05, 0) is 60.2 Å². The maximum absolute atomic E-state index is 15.5. The molecule has 0 aliphatic rings. The maximum atomic E-state index is 15.5. The molecule has 0 bridgehead atoms. The molecule has 0 saturated carbocycles. The fourth-order valence-corrected chi connectivity index (χ4v) is 15.1. The number of fused-ring (bicyclic) bond motifs is 6. The summed E-state index contributed by atoms with van der Waals surface area (Å²) >= 11 is 0. The first-order chi connectivity index (χ1) is 58.0. The van der Waals surface area contributed by atoms with Crippen molar-refractivity contribution in [3.63, 3.8) is 0 Å². The van der Waals surface area contributed by atoms with E-state index in [0.29, 0.717) is 126 Å². The van der Waals surface area contributed by atoms with E-state index in [1.54, 1.807) is 12.1 Å². The van der Waals surface area contributed by atoms with Gasteiger partial charge in [-0.3, -0.25) is 0 Å². The van der Waals surface area contributed by atoms with Crippen LogP contribution in [-0.4, -0.2) is 68.9 Å². The lowest BCUT2D eigenvalue weighted by molar-refractivity contribution is -0.137. The van der Waals surface area contributed by atoms with Crippen molar-refractivity contribution >= 4 is 43.6 Å². The molecule has 16 nitrogen and oxygen atoms in total. The van der Waals surface area contributed by atoms with Gasteiger partial charge < -0.3 is 9.13 Å². The molecule has 0 aliphatic carbocycles. The molecule has 6 heterocycles. The van der Waals surface area contributed by atoms with E-state index >= 15 is 13.2 Å². The van der Waals surface area contributed by atoms with Gasteiger partial charge in [0.25, 0.3) is 0 Å². The molecule has 554 valence electrons. The van der Waals surface area contributed by atoms with Gasteiger partial charge in [-0.25, -0.2) is 59.8 Å². The van der Waals surface area contributed by atoms with E-state index in [4.69, 9.17) is 59.8 Å². The minimum atomic E-state index is -4.91. The predicted molar refractivity (Wildman–Crippen MR) is 454 cm³/mol. The molecule has 20 aromatic rings. The first-order valence-corrected chi connectivity index (χ1v) is 37.8. The average molecular weight is 1530 g/mol. The average Bonchev–Trinajstić information content (AvgIpc) is 1.55. The molecule has 0 N–H and O–H groups in total. The summed E-state index contributed by atoms with van der Waals surface area (Å²) in [4.78, 5) is 62.2. The van der Waals surface area contributed by atoms with Crippen LogP contribution in [0.25, 0.3) is 203 Å². The quantitative estimate of drug-likeness (QED) is 0.0934. The number of nitrogens with zero attached hydrogens (tertiary/aromatic N) is 16. The molecular formula is C99H57F3N16. The van der Waals surface area contributed by atoms with Crippen molar-refractivity contribution in [1.82, 2.24) is 68.9 Å². The summed E-state index contributed by atoms with van der Waals surface area (Å²) in [5, 5.41) is 25.7. The number of rotatable bonds is 15. The van der Waals surface area contributed by atoms with Crippen LogP contribution in [0.15, 0.2) is 346 Å². The van der Waals surface area contributed by atoms with Gasteiger partial charge >= 0.3 is 6.18 Å². The second-order valence-electron chi connectivity index (χ2n) is 28.2. The molecule has 0 amide bonds. The van der Waals surface area contributed by atoms with Gasteiger partial charge in [0.1, 0.15) is 0 Å². The molecule has 0 atom stereocenters. The molecule has 118 heavy (non-hydrogen) atoms. The van der Waals surface area contributed by atoms with Gasteiger partial charge in [0.05, 0.1) is 62.3 Å². The van der Waals surface area contributed by atoms with Crippen LogP contribution in [0.1, 0.15) is 16.7 Å². The van der Waals surface area contributed by atoms with Gasteiger partial charge in [0, 0.05) is 93.9 Å². The lowest BCUT2D eigenvalue weighted by Crippen LogP contribution is -2.08. The fourth-order valence-electron chi connectivity index (χ4n) is 15.1. The molecule has 6 aromatic heterocycles. The third-order valence-corrected chi connectivity index (χ3v) is 20.8. The fraction of sp³-hybridized carbons (Fsp3) is 0.0101. The smallest absolute Gasteiger partial charge is 0.307 e. The van der Waals surface area contributed by atoms with E-state index in [1.807, 2.05) is 322 Å². The Kier molecular flexibility index (Phi) is 17.7. The molecule has 0 fully saturated rings. The molecular weight excluding hydrogens is 1470 g/mol. The zero-order valence-electron chi connectivity index (χ0n) is 62.2. The Morgan fingerprint density at radius 1 is 0.220 bits per heavy atom. The summed E-state index contributed by atoms with van der Waals surface area (Å²) in [5.74, 6) is 4.80. The first-order valence-electron chi connectivity index (χ1n) is 37.8. The Morgan fingerprint density at radius 2 is 0.449 bits per heavy atom. The molecule has 0 saturated heterocycles. The van der Waals surface area contributed by atoms with Gasteiger partial charge in [-0.2, -0.15) is 23.7 Å². The lowest BCUT2D eigenvalue weighted by Gasteiger charge is -2.20. The Hall–Kier alpha value is -16.5. The highest BCUT2D eigenvalue weighted by molar-refractivity contribution is 6.14. The number of nitriles is 2. The van der Waals surface area contributed by atoms with Crippen molar-refractivity contribution in [3.05, 3.63) is 362 Å². The monoisotopic (exact) mass is 1530 g/mol. The van der Waals surface area contributed by atoms with E-state index in [9.17, 15) is 10.5 Å². The zero-order chi connectivity index (χ0) is 79.4. The van der Waals surface area contributed by atoms with Crippen LogP contribution in [0, 0.1) is 22.7 Å². The van der Waals surface area contributed by atoms with Crippen molar-refractivity contribution < 1.29 is 13.2 Å². The minimum Gasteiger partial charge on any atom is -0.307 e. The lowest BCUT2D eigenvalue weighted by atomic mass is 9.94. The summed E-state index contributed by atoms with van der Waals surface area (Å²) in [6.45, 7) is 0. The second-order valence-corrected chi connectivity index (χ2v) is 28.2. The summed E-state index contributed by atoms with van der Waals surface area (Å²) in [5.41, 5.74) is 10.2. The topological polar surface area (TPSA) is 212 Å². The van der Waals surface area contributed by atoms with E-state index in [1.165, 1.54) is 6.07 Å². The Labute approximate surface area is 672 Å². The van der Waals surface area contributed by atoms with Gasteiger partial charge in [0.2, 0.25) is 0 Å². The number of benzene rings is 14. The van der Waals surface area contributed by atoms with E-state index in [-0.39, 0.29) is 22.3 Å². The van der Waals surface area contributed by atoms with Gasteiger partial charge in [0.15, 0.2) is 69.9 Å². The highest BCUT2D eigenvalue weighted by atomic mass is 19.4. The molecule has 14 aromatic carbocycles.